The van der Waals surface area contributed by atoms with E-state index in [0.717, 1.165) is 40.0 Å². The molecule has 116 valence electrons. The molecule has 1 aromatic heterocycles. The summed E-state index contributed by atoms with van der Waals surface area (Å²) in [4.78, 5) is 11.5. The first-order valence-corrected chi connectivity index (χ1v) is 8.05. The number of amides is 1. The van der Waals surface area contributed by atoms with Gasteiger partial charge in [0.15, 0.2) is 0 Å². The summed E-state index contributed by atoms with van der Waals surface area (Å²) in [6.45, 7) is 4.96. The number of carbonyl (C=O) groups excluding carboxylic acids is 1. The summed E-state index contributed by atoms with van der Waals surface area (Å²) in [6.07, 6.45) is 2.75. The van der Waals surface area contributed by atoms with E-state index in [9.17, 15) is 4.79 Å². The van der Waals surface area contributed by atoms with Crippen LogP contribution in [-0.4, -0.2) is 28.9 Å². The lowest BCUT2D eigenvalue weighted by molar-refractivity contribution is -0.114. The number of hydrogen-bond acceptors (Lipinski definition) is 3. The highest BCUT2D eigenvalue weighted by molar-refractivity contribution is 9.10. The van der Waals surface area contributed by atoms with E-state index in [1.165, 1.54) is 6.92 Å². The molecule has 0 saturated carbocycles. The lowest BCUT2D eigenvalue weighted by atomic mass is 10.1. The minimum Gasteiger partial charge on any atom is -0.379 e. The maximum absolute atomic E-state index is 11.5. The Balaban J connectivity index is 2.09. The molecule has 1 aliphatic rings. The zero-order valence-corrected chi connectivity index (χ0v) is 14.2. The first-order valence-electron chi connectivity index (χ1n) is 7.25. The zero-order chi connectivity index (χ0) is 15.7. The molecule has 1 saturated heterocycles. The Hall–Kier alpha value is -1.66. The second-order valence-corrected chi connectivity index (χ2v) is 6.36. The van der Waals surface area contributed by atoms with Crippen LogP contribution in [-0.2, 0) is 9.53 Å². The van der Waals surface area contributed by atoms with Crippen LogP contribution < -0.4 is 5.32 Å². The maximum Gasteiger partial charge on any atom is 0.221 e. The predicted molar refractivity (Wildman–Crippen MR) is 88.9 cm³/mol. The van der Waals surface area contributed by atoms with Crippen LogP contribution in [0.5, 0.6) is 0 Å². The van der Waals surface area contributed by atoms with Gasteiger partial charge in [-0.15, -0.1) is 0 Å². The van der Waals surface area contributed by atoms with E-state index in [1.54, 1.807) is 6.20 Å². The van der Waals surface area contributed by atoms with Crippen molar-refractivity contribution < 1.29 is 9.53 Å². The molecule has 0 unspecified atom stereocenters. The standard InChI is InChI=1S/C16H18BrN3O2/c1-10-7-15(19-11(2)21)13(8-14(10)17)16-3-5-18-20(16)12-4-6-22-9-12/h3,5,7-8,12H,4,6,9H2,1-2H3,(H,19,21)/t12-/m1/s1. The van der Waals surface area contributed by atoms with Crippen molar-refractivity contribution in [1.29, 1.82) is 0 Å². The van der Waals surface area contributed by atoms with Crippen molar-refractivity contribution in [2.75, 3.05) is 18.5 Å². The summed E-state index contributed by atoms with van der Waals surface area (Å²) in [5, 5.41) is 7.37. The lowest BCUT2D eigenvalue weighted by Crippen LogP contribution is -2.13. The quantitative estimate of drug-likeness (QED) is 0.907. The molecule has 1 aromatic carbocycles. The summed E-state index contributed by atoms with van der Waals surface area (Å²) in [6, 6.07) is 6.23. The molecule has 2 heterocycles. The van der Waals surface area contributed by atoms with Crippen molar-refractivity contribution in [3.8, 4) is 11.3 Å². The van der Waals surface area contributed by atoms with Gasteiger partial charge in [-0.3, -0.25) is 9.48 Å². The number of hydrogen-bond donors (Lipinski definition) is 1. The number of ether oxygens (including phenoxy) is 1. The molecule has 0 bridgehead atoms. The summed E-state index contributed by atoms with van der Waals surface area (Å²) < 4.78 is 8.47. The van der Waals surface area contributed by atoms with Crippen LogP contribution in [0.1, 0.15) is 24.9 Å². The molecule has 1 fully saturated rings. The van der Waals surface area contributed by atoms with Gasteiger partial charge in [-0.25, -0.2) is 0 Å². The molecule has 5 nitrogen and oxygen atoms in total. The third kappa shape index (κ3) is 2.94. The van der Waals surface area contributed by atoms with E-state index in [0.29, 0.717) is 6.61 Å². The molecular formula is C16H18BrN3O2. The van der Waals surface area contributed by atoms with E-state index in [1.807, 2.05) is 29.8 Å². The van der Waals surface area contributed by atoms with Gasteiger partial charge in [0.05, 0.1) is 24.0 Å². The van der Waals surface area contributed by atoms with Gasteiger partial charge in [0.1, 0.15) is 0 Å². The number of benzene rings is 1. The van der Waals surface area contributed by atoms with E-state index >= 15 is 0 Å². The summed E-state index contributed by atoms with van der Waals surface area (Å²) in [5.41, 5.74) is 3.81. The third-order valence-electron chi connectivity index (χ3n) is 3.81. The lowest BCUT2D eigenvalue weighted by Gasteiger charge is -2.17. The molecular weight excluding hydrogens is 346 g/mol. The molecule has 1 atom stereocenters. The van der Waals surface area contributed by atoms with Gasteiger partial charge in [0, 0.05) is 29.8 Å². The van der Waals surface area contributed by atoms with Crippen molar-refractivity contribution in [3.05, 3.63) is 34.4 Å². The monoisotopic (exact) mass is 363 g/mol. The van der Waals surface area contributed by atoms with Crippen LogP contribution in [0.2, 0.25) is 0 Å². The fourth-order valence-corrected chi connectivity index (χ4v) is 3.06. The van der Waals surface area contributed by atoms with E-state index in [-0.39, 0.29) is 11.9 Å². The molecule has 2 aromatic rings. The Labute approximate surface area is 137 Å². The largest absolute Gasteiger partial charge is 0.379 e. The van der Waals surface area contributed by atoms with Crippen molar-refractivity contribution in [3.63, 3.8) is 0 Å². The maximum atomic E-state index is 11.5. The van der Waals surface area contributed by atoms with Crippen molar-refractivity contribution in [2.24, 2.45) is 0 Å². The highest BCUT2D eigenvalue weighted by atomic mass is 79.9. The van der Waals surface area contributed by atoms with Gasteiger partial charge < -0.3 is 10.1 Å². The number of halogens is 1. The minimum atomic E-state index is -0.0850. The van der Waals surface area contributed by atoms with Crippen molar-refractivity contribution in [1.82, 2.24) is 9.78 Å². The Bertz CT molecular complexity index is 705. The topological polar surface area (TPSA) is 56.2 Å². The molecule has 22 heavy (non-hydrogen) atoms. The average molecular weight is 364 g/mol. The van der Waals surface area contributed by atoms with Gasteiger partial charge in [0.2, 0.25) is 5.91 Å². The number of aryl methyl sites for hydroxylation is 1. The predicted octanol–water partition coefficient (Wildman–Crippen LogP) is 3.54. The van der Waals surface area contributed by atoms with Gasteiger partial charge in [-0.1, -0.05) is 15.9 Å². The summed E-state index contributed by atoms with van der Waals surface area (Å²) in [7, 11) is 0. The first kappa shape index (κ1) is 15.2. The van der Waals surface area contributed by atoms with Crippen LogP contribution in [0.3, 0.4) is 0 Å². The van der Waals surface area contributed by atoms with Gasteiger partial charge >= 0.3 is 0 Å². The Kier molecular flexibility index (Phi) is 4.31. The number of nitrogens with zero attached hydrogens (tertiary/aromatic N) is 2. The zero-order valence-electron chi connectivity index (χ0n) is 12.6. The Morgan fingerprint density at radius 2 is 2.32 bits per heavy atom. The molecule has 6 heteroatoms. The van der Waals surface area contributed by atoms with Crippen LogP contribution in [0.4, 0.5) is 5.69 Å². The van der Waals surface area contributed by atoms with Crippen LogP contribution in [0.15, 0.2) is 28.9 Å². The van der Waals surface area contributed by atoms with Gasteiger partial charge in [-0.05, 0) is 37.1 Å². The van der Waals surface area contributed by atoms with Gasteiger partial charge in [0.25, 0.3) is 0 Å². The van der Waals surface area contributed by atoms with Crippen molar-refractivity contribution >= 4 is 27.5 Å². The summed E-state index contributed by atoms with van der Waals surface area (Å²) >= 11 is 3.57. The number of anilines is 1. The van der Waals surface area contributed by atoms with Gasteiger partial charge in [-0.2, -0.15) is 5.10 Å². The highest BCUT2D eigenvalue weighted by Crippen LogP contribution is 2.35. The SMILES string of the molecule is CC(=O)Nc1cc(C)c(Br)cc1-c1ccnn1[C@@H]1CCOC1. The Morgan fingerprint density at radius 3 is 3.00 bits per heavy atom. The number of nitrogens with one attached hydrogen (secondary N) is 1. The van der Waals surface area contributed by atoms with E-state index in [2.05, 4.69) is 26.3 Å². The van der Waals surface area contributed by atoms with Crippen LogP contribution >= 0.6 is 15.9 Å². The molecule has 3 rings (SSSR count). The van der Waals surface area contributed by atoms with Crippen molar-refractivity contribution in [2.45, 2.75) is 26.3 Å². The number of rotatable bonds is 3. The smallest absolute Gasteiger partial charge is 0.221 e. The first-order chi connectivity index (χ1) is 10.6. The number of carbonyl (C=O) groups is 1. The average Bonchev–Trinajstić information content (AvgIpc) is 3.11. The normalized spacial score (nSPS) is 17.7. The van der Waals surface area contributed by atoms with Crippen LogP contribution in [0.25, 0.3) is 11.3 Å². The fraction of sp³-hybridized carbons (Fsp3) is 0.375. The molecule has 1 aliphatic heterocycles. The second kappa shape index (κ2) is 6.22. The minimum absolute atomic E-state index is 0.0850. The second-order valence-electron chi connectivity index (χ2n) is 5.51. The Morgan fingerprint density at radius 1 is 1.50 bits per heavy atom. The molecule has 1 amide bonds. The fourth-order valence-electron chi connectivity index (χ4n) is 2.72. The highest BCUT2D eigenvalue weighted by Gasteiger charge is 2.22. The number of aromatic nitrogens is 2. The molecule has 0 aliphatic carbocycles. The third-order valence-corrected chi connectivity index (χ3v) is 4.66. The van der Waals surface area contributed by atoms with Crippen LogP contribution in [0, 0.1) is 6.92 Å². The van der Waals surface area contributed by atoms with E-state index in [4.69, 9.17) is 4.74 Å². The summed E-state index contributed by atoms with van der Waals surface area (Å²) in [5.74, 6) is -0.0850. The molecule has 0 radical (unpaired) electrons. The van der Waals surface area contributed by atoms with E-state index < -0.39 is 0 Å². The molecule has 0 spiro atoms. The molecule has 1 N–H and O–H groups in total.